The third kappa shape index (κ3) is 4.79. The van der Waals surface area contributed by atoms with Crippen LogP contribution in [0.15, 0.2) is 96.6 Å². The lowest BCUT2D eigenvalue weighted by atomic mass is 9.32. The Morgan fingerprint density at radius 3 is 2.27 bits per heavy atom. The van der Waals surface area contributed by atoms with Crippen molar-refractivity contribution < 1.29 is 19.8 Å². The molecule has 3 N–H and O–H groups in total. The number of hydrogen-bond acceptors (Lipinski definition) is 5. The van der Waals surface area contributed by atoms with Crippen LogP contribution in [-0.4, -0.2) is 45.2 Å². The van der Waals surface area contributed by atoms with Gasteiger partial charge in [-0.15, -0.1) is 11.3 Å². The van der Waals surface area contributed by atoms with Gasteiger partial charge in [-0.2, -0.15) is 0 Å². The minimum Gasteiger partial charge on any atom is -0.393 e. The molecule has 49 heavy (non-hydrogen) atoms. The SMILES string of the molecule is Cc1ccc(C(=O)C2=C[C@@]34C=C[C@@]25[C@@H]2CC[C@@](O)(CN(Cc6ccccc6)C(=O)Nc6ccccc6)[C@@]2(C)CC[C@@H]5[C@@]3(C)CCC(O)C4)s1. The molecule has 256 valence electrons. The number of para-hydroxylation sites is 1. The molecule has 1 aromatic heterocycles. The minimum absolute atomic E-state index is 0.0222. The number of hydrogen-bond donors (Lipinski definition) is 3. The number of aryl methyl sites for hydroxylation is 1. The van der Waals surface area contributed by atoms with Crippen LogP contribution in [0.5, 0.6) is 0 Å². The topological polar surface area (TPSA) is 89.9 Å². The van der Waals surface area contributed by atoms with Crippen molar-refractivity contribution in [3.63, 3.8) is 0 Å². The zero-order chi connectivity index (χ0) is 34.2. The van der Waals surface area contributed by atoms with E-state index in [4.69, 9.17) is 0 Å². The Kier molecular flexibility index (Phi) is 7.67. The maximum Gasteiger partial charge on any atom is 0.322 e. The molecule has 3 fully saturated rings. The Morgan fingerprint density at radius 1 is 0.878 bits per heavy atom. The van der Waals surface area contributed by atoms with Gasteiger partial charge in [0.15, 0.2) is 5.78 Å². The summed E-state index contributed by atoms with van der Waals surface area (Å²) in [4.78, 5) is 32.4. The fourth-order valence-corrected chi connectivity index (χ4v) is 12.2. The first kappa shape index (κ1) is 32.7. The lowest BCUT2D eigenvalue weighted by Crippen LogP contribution is -2.67. The highest BCUT2D eigenvalue weighted by Gasteiger charge is 2.74. The van der Waals surface area contributed by atoms with Crippen LogP contribution in [0, 0.1) is 40.4 Å². The van der Waals surface area contributed by atoms with Crippen LogP contribution in [0.2, 0.25) is 0 Å². The summed E-state index contributed by atoms with van der Waals surface area (Å²) in [6.45, 7) is 7.26. The number of urea groups is 1. The molecule has 1 unspecified atom stereocenters. The average molecular weight is 677 g/mol. The van der Waals surface area contributed by atoms with Crippen molar-refractivity contribution in [2.75, 3.05) is 11.9 Å². The maximum absolute atomic E-state index is 14.7. The van der Waals surface area contributed by atoms with Gasteiger partial charge in [-0.05, 0) is 98.9 Å². The molecule has 2 amide bonds. The van der Waals surface area contributed by atoms with Gasteiger partial charge in [0.25, 0.3) is 0 Å². The molecule has 3 saturated carbocycles. The number of aliphatic hydroxyl groups excluding tert-OH is 1. The quantitative estimate of drug-likeness (QED) is 0.173. The van der Waals surface area contributed by atoms with Crippen LogP contribution in [0.3, 0.4) is 0 Å². The lowest BCUT2D eigenvalue weighted by molar-refractivity contribution is -0.174. The summed E-state index contributed by atoms with van der Waals surface area (Å²) in [5.74, 6) is 0.348. The maximum atomic E-state index is 14.7. The van der Waals surface area contributed by atoms with Crippen molar-refractivity contribution in [3.8, 4) is 0 Å². The van der Waals surface area contributed by atoms with Gasteiger partial charge in [0.2, 0.25) is 0 Å². The number of nitrogens with zero attached hydrogens (tertiary/aromatic N) is 1. The van der Waals surface area contributed by atoms with E-state index >= 15 is 0 Å². The fraction of sp³-hybridized carbons (Fsp3) is 0.476. The highest BCUT2D eigenvalue weighted by Crippen LogP contribution is 2.78. The van der Waals surface area contributed by atoms with Crippen LogP contribution in [-0.2, 0) is 6.54 Å². The number of fused-ring (bicyclic) bond motifs is 1. The number of anilines is 1. The standard InChI is InChI=1S/C42H48N2O4S/c1-28-14-15-33(49-28)36(46)32-25-40-22-23-42(32)34(38(40,2)19-16-31(45)24-40)17-20-39(3)35(42)18-21-41(39,48)27-44(26-29-10-6-4-7-11-29)37(47)43-30-12-8-5-9-13-30/h4-15,22-23,25,31,34-35,45,48H,16-21,24,26-27H2,1-3H3,(H,43,47)/t31?,34-,35-,38-,39+,40+,41-,42-/m1/s1. The normalized spacial score (nSPS) is 37.1. The largest absolute Gasteiger partial charge is 0.393 e. The molecule has 6 aliphatic carbocycles. The number of aliphatic hydroxyl groups is 2. The van der Waals surface area contributed by atoms with Crippen LogP contribution in [0.4, 0.5) is 10.5 Å². The number of thiophene rings is 1. The van der Waals surface area contributed by atoms with Crippen LogP contribution >= 0.6 is 11.3 Å². The highest BCUT2D eigenvalue weighted by molar-refractivity contribution is 7.14. The van der Waals surface area contributed by atoms with Crippen molar-refractivity contribution >= 4 is 28.8 Å². The lowest BCUT2D eigenvalue weighted by Gasteiger charge is -2.71. The zero-order valence-corrected chi connectivity index (χ0v) is 29.6. The van der Waals surface area contributed by atoms with E-state index in [2.05, 4.69) is 37.4 Å². The van der Waals surface area contributed by atoms with Gasteiger partial charge in [0.1, 0.15) is 0 Å². The number of nitrogens with one attached hydrogen (secondary N) is 1. The number of Topliss-reactive ketones (excluding diaryl/α,β-unsaturated/α-hetero) is 1. The molecule has 9 rings (SSSR count). The van der Waals surface area contributed by atoms with E-state index in [0.717, 1.165) is 53.0 Å². The number of carbonyl (C=O) groups is 2. The van der Waals surface area contributed by atoms with E-state index in [1.54, 1.807) is 16.2 Å². The number of carbonyl (C=O) groups excluding carboxylic acids is 2. The fourth-order valence-electron chi connectivity index (χ4n) is 11.3. The minimum atomic E-state index is -1.16. The molecule has 0 radical (unpaired) electrons. The van der Waals surface area contributed by atoms with Crippen LogP contribution in [0.25, 0.3) is 0 Å². The Labute approximate surface area is 293 Å². The predicted molar refractivity (Wildman–Crippen MR) is 194 cm³/mol. The van der Waals surface area contributed by atoms with E-state index in [9.17, 15) is 19.8 Å². The summed E-state index contributed by atoms with van der Waals surface area (Å²) in [6, 6.07) is 23.2. The van der Waals surface area contributed by atoms with Crippen molar-refractivity contribution in [3.05, 3.63) is 112 Å². The van der Waals surface area contributed by atoms with Crippen molar-refractivity contribution in [1.82, 2.24) is 4.90 Å². The molecule has 3 aromatic rings. The molecule has 0 saturated heterocycles. The third-order valence-corrected chi connectivity index (χ3v) is 14.9. The molecule has 7 heteroatoms. The average Bonchev–Trinajstić information content (AvgIpc) is 3.65. The molecule has 1 heterocycles. The number of allylic oxidation sites excluding steroid dienone is 4. The van der Waals surface area contributed by atoms with Gasteiger partial charge in [-0.1, -0.05) is 80.6 Å². The molecule has 6 aliphatic rings. The summed E-state index contributed by atoms with van der Waals surface area (Å²) >= 11 is 1.55. The smallest absolute Gasteiger partial charge is 0.322 e. The molecule has 2 aromatic carbocycles. The first-order valence-electron chi connectivity index (χ1n) is 18.0. The first-order valence-corrected chi connectivity index (χ1v) is 18.8. The van der Waals surface area contributed by atoms with Crippen LogP contribution in [0.1, 0.15) is 78.9 Å². The van der Waals surface area contributed by atoms with Crippen LogP contribution < -0.4 is 5.32 Å². The summed E-state index contributed by atoms with van der Waals surface area (Å²) < 4.78 is 0. The van der Waals surface area contributed by atoms with Gasteiger partial charge in [0, 0.05) is 38.9 Å². The first-order chi connectivity index (χ1) is 23.4. The second-order valence-electron chi connectivity index (χ2n) is 16.2. The Morgan fingerprint density at radius 2 is 1.55 bits per heavy atom. The van der Waals surface area contributed by atoms with Gasteiger partial charge < -0.3 is 20.4 Å². The van der Waals surface area contributed by atoms with Gasteiger partial charge in [-0.25, -0.2) is 4.79 Å². The molecular weight excluding hydrogens is 629 g/mol. The van der Waals surface area contributed by atoms with Gasteiger partial charge in [0.05, 0.1) is 23.1 Å². The number of benzene rings is 2. The van der Waals surface area contributed by atoms with Crippen molar-refractivity contribution in [2.24, 2.45) is 33.5 Å². The monoisotopic (exact) mass is 676 g/mol. The van der Waals surface area contributed by atoms with E-state index < -0.39 is 16.4 Å². The summed E-state index contributed by atoms with van der Waals surface area (Å²) in [5.41, 5.74) is -0.0807. The summed E-state index contributed by atoms with van der Waals surface area (Å²) in [6.07, 6.45) is 12.0. The van der Waals surface area contributed by atoms with Crippen molar-refractivity contribution in [1.29, 1.82) is 0 Å². The summed E-state index contributed by atoms with van der Waals surface area (Å²) in [5, 5.41) is 27.1. The third-order valence-electron chi connectivity index (χ3n) is 13.9. The van der Waals surface area contributed by atoms with E-state index in [0.29, 0.717) is 25.1 Å². The molecule has 8 atom stereocenters. The second kappa shape index (κ2) is 11.5. The van der Waals surface area contributed by atoms with Gasteiger partial charge >= 0.3 is 6.03 Å². The Bertz CT molecular complexity index is 1840. The second-order valence-corrected chi connectivity index (χ2v) is 17.5. The number of amides is 2. The molecule has 2 bridgehead atoms. The van der Waals surface area contributed by atoms with E-state index in [-0.39, 0.29) is 47.1 Å². The van der Waals surface area contributed by atoms with Gasteiger partial charge in [-0.3, -0.25) is 4.79 Å². The molecule has 2 spiro atoms. The molecule has 0 aliphatic heterocycles. The molecule has 6 nitrogen and oxygen atoms in total. The van der Waals surface area contributed by atoms with Crippen molar-refractivity contribution in [2.45, 2.75) is 84.0 Å². The van der Waals surface area contributed by atoms with E-state index in [1.807, 2.05) is 79.7 Å². The Hall–Kier alpha value is -3.52. The zero-order valence-electron chi connectivity index (χ0n) is 28.8. The molecular formula is C42H48N2O4S. The number of ketones is 1. The van der Waals surface area contributed by atoms with E-state index in [1.165, 1.54) is 0 Å². The Balaban J connectivity index is 1.19. The predicted octanol–water partition coefficient (Wildman–Crippen LogP) is 8.56. The summed E-state index contributed by atoms with van der Waals surface area (Å²) in [7, 11) is 0. The number of rotatable bonds is 7. The highest BCUT2D eigenvalue weighted by atomic mass is 32.1.